The molecule has 0 unspecified atom stereocenters. The summed E-state index contributed by atoms with van der Waals surface area (Å²) < 4.78 is 5.75. The number of piperazine rings is 1. The van der Waals surface area contributed by atoms with Crippen LogP contribution in [0.4, 0.5) is 5.69 Å². The van der Waals surface area contributed by atoms with Crippen LogP contribution in [0.5, 0.6) is 5.75 Å². The molecule has 1 fully saturated rings. The van der Waals surface area contributed by atoms with Crippen molar-refractivity contribution >= 4 is 11.6 Å². The monoisotopic (exact) mass is 368 g/mol. The summed E-state index contributed by atoms with van der Waals surface area (Å²) >= 11 is 0. The largest absolute Gasteiger partial charge is 0.492 e. The van der Waals surface area contributed by atoms with Crippen molar-refractivity contribution < 1.29 is 14.4 Å². The number of carbonyl (C=O) groups is 1. The van der Waals surface area contributed by atoms with Gasteiger partial charge in [0.2, 0.25) is 0 Å². The third-order valence-electron chi connectivity index (χ3n) is 5.12. The molecule has 0 spiro atoms. The zero-order valence-electron chi connectivity index (χ0n) is 16.3. The van der Waals surface area contributed by atoms with Crippen molar-refractivity contribution in [2.45, 2.75) is 20.4 Å². The van der Waals surface area contributed by atoms with Crippen molar-refractivity contribution in [2.75, 3.05) is 44.2 Å². The first-order valence-corrected chi connectivity index (χ1v) is 9.79. The number of benzene rings is 2. The standard InChI is InChI=1S/C22H29N3O2/c1-3-27-21-11-7-6-10-20(21)25-14-12-24(13-15-25)17-22(26)23-16-19-9-5-4-8-18(19)2/h4-11H,3,12-17H2,1-2H3,(H,23,26)/p+1. The van der Waals surface area contributed by atoms with Gasteiger partial charge < -0.3 is 19.9 Å². The molecule has 0 bridgehead atoms. The molecule has 5 heteroatoms. The average molecular weight is 369 g/mol. The highest BCUT2D eigenvalue weighted by Gasteiger charge is 2.23. The van der Waals surface area contributed by atoms with Gasteiger partial charge in [-0.1, -0.05) is 36.4 Å². The fourth-order valence-electron chi connectivity index (χ4n) is 3.53. The van der Waals surface area contributed by atoms with Crippen molar-refractivity contribution in [1.29, 1.82) is 0 Å². The predicted octanol–water partition coefficient (Wildman–Crippen LogP) is 1.42. The second kappa shape index (κ2) is 9.42. The summed E-state index contributed by atoms with van der Waals surface area (Å²) in [6.07, 6.45) is 0. The van der Waals surface area contributed by atoms with Crippen LogP contribution in [0.3, 0.4) is 0 Å². The third kappa shape index (κ3) is 5.23. The summed E-state index contributed by atoms with van der Waals surface area (Å²) in [6.45, 7) is 9.68. The number of hydrogen-bond acceptors (Lipinski definition) is 3. The van der Waals surface area contributed by atoms with E-state index >= 15 is 0 Å². The molecule has 1 aliphatic rings. The summed E-state index contributed by atoms with van der Waals surface area (Å²) in [4.78, 5) is 16.0. The number of nitrogens with one attached hydrogen (secondary N) is 2. The second-order valence-electron chi connectivity index (χ2n) is 7.02. The number of carbonyl (C=O) groups excluding carboxylic acids is 1. The number of quaternary nitrogens is 1. The van der Waals surface area contributed by atoms with Crippen LogP contribution in [0, 0.1) is 6.92 Å². The fraction of sp³-hybridized carbons (Fsp3) is 0.409. The Balaban J connectivity index is 1.47. The lowest BCUT2D eigenvalue weighted by atomic mass is 10.1. The molecule has 0 aromatic heterocycles. The molecule has 0 saturated carbocycles. The van der Waals surface area contributed by atoms with Crippen LogP contribution >= 0.6 is 0 Å². The Morgan fingerprint density at radius 2 is 1.81 bits per heavy atom. The molecule has 5 nitrogen and oxygen atoms in total. The lowest BCUT2D eigenvalue weighted by molar-refractivity contribution is -0.892. The molecule has 0 aliphatic carbocycles. The lowest BCUT2D eigenvalue weighted by Gasteiger charge is -2.34. The Hall–Kier alpha value is -2.53. The summed E-state index contributed by atoms with van der Waals surface area (Å²) in [5.74, 6) is 1.07. The van der Waals surface area contributed by atoms with E-state index < -0.39 is 0 Å². The van der Waals surface area contributed by atoms with Gasteiger partial charge in [0.1, 0.15) is 5.75 Å². The molecule has 27 heavy (non-hydrogen) atoms. The van der Waals surface area contributed by atoms with E-state index in [0.29, 0.717) is 19.7 Å². The van der Waals surface area contributed by atoms with Gasteiger partial charge >= 0.3 is 0 Å². The molecule has 0 radical (unpaired) electrons. The maximum Gasteiger partial charge on any atom is 0.275 e. The van der Waals surface area contributed by atoms with E-state index in [1.807, 2.05) is 31.2 Å². The van der Waals surface area contributed by atoms with Gasteiger partial charge in [-0.15, -0.1) is 0 Å². The molecule has 1 heterocycles. The van der Waals surface area contributed by atoms with Crippen LogP contribution in [0.25, 0.3) is 0 Å². The Kier molecular flexibility index (Phi) is 6.71. The van der Waals surface area contributed by atoms with Gasteiger partial charge in [0.05, 0.1) is 38.5 Å². The van der Waals surface area contributed by atoms with Gasteiger partial charge in [-0.05, 0) is 37.1 Å². The number of para-hydroxylation sites is 2. The number of rotatable bonds is 7. The molecule has 1 amide bonds. The van der Waals surface area contributed by atoms with Crippen LogP contribution in [0.2, 0.25) is 0 Å². The average Bonchev–Trinajstić information content (AvgIpc) is 2.69. The van der Waals surface area contributed by atoms with Crippen molar-refractivity contribution in [3.8, 4) is 5.75 Å². The SMILES string of the molecule is CCOc1ccccc1N1CC[NH+](CC(=O)NCc2ccccc2C)CC1. The number of amides is 1. The van der Waals surface area contributed by atoms with Crippen LogP contribution in [0.1, 0.15) is 18.1 Å². The summed E-state index contributed by atoms with van der Waals surface area (Å²) in [5, 5.41) is 3.06. The summed E-state index contributed by atoms with van der Waals surface area (Å²) in [6, 6.07) is 16.4. The molecule has 2 aromatic carbocycles. The van der Waals surface area contributed by atoms with Gasteiger partial charge in [-0.3, -0.25) is 4.79 Å². The highest BCUT2D eigenvalue weighted by Crippen LogP contribution is 2.27. The molecule has 1 aliphatic heterocycles. The van der Waals surface area contributed by atoms with Crippen LogP contribution < -0.4 is 19.9 Å². The van der Waals surface area contributed by atoms with Gasteiger partial charge in [-0.25, -0.2) is 0 Å². The van der Waals surface area contributed by atoms with Gasteiger partial charge in [0.15, 0.2) is 6.54 Å². The molecule has 2 aromatic rings. The van der Waals surface area contributed by atoms with E-state index in [9.17, 15) is 4.79 Å². The van der Waals surface area contributed by atoms with Crippen molar-refractivity contribution in [3.63, 3.8) is 0 Å². The number of aryl methyl sites for hydroxylation is 1. The minimum atomic E-state index is 0.122. The highest BCUT2D eigenvalue weighted by atomic mass is 16.5. The quantitative estimate of drug-likeness (QED) is 0.777. The van der Waals surface area contributed by atoms with E-state index in [-0.39, 0.29) is 5.91 Å². The zero-order chi connectivity index (χ0) is 19.1. The Morgan fingerprint density at radius 1 is 1.11 bits per heavy atom. The third-order valence-corrected chi connectivity index (χ3v) is 5.12. The Labute approximate surface area is 161 Å². The van der Waals surface area contributed by atoms with E-state index in [4.69, 9.17) is 4.74 Å². The zero-order valence-corrected chi connectivity index (χ0v) is 16.3. The molecular formula is C22H30N3O2+. The summed E-state index contributed by atoms with van der Waals surface area (Å²) in [5.41, 5.74) is 3.55. The number of ether oxygens (including phenoxy) is 1. The van der Waals surface area contributed by atoms with Gasteiger partial charge in [0, 0.05) is 6.54 Å². The topological polar surface area (TPSA) is 46.0 Å². The molecular weight excluding hydrogens is 338 g/mol. The van der Waals surface area contributed by atoms with Crippen LogP contribution in [0.15, 0.2) is 48.5 Å². The van der Waals surface area contributed by atoms with Crippen LogP contribution in [-0.4, -0.2) is 45.2 Å². The molecule has 0 atom stereocenters. The normalized spacial score (nSPS) is 14.8. The lowest BCUT2D eigenvalue weighted by Crippen LogP contribution is -3.15. The Morgan fingerprint density at radius 3 is 2.56 bits per heavy atom. The first-order chi connectivity index (χ1) is 13.2. The first-order valence-electron chi connectivity index (χ1n) is 9.79. The maximum absolute atomic E-state index is 12.3. The maximum atomic E-state index is 12.3. The molecule has 144 valence electrons. The highest BCUT2D eigenvalue weighted by molar-refractivity contribution is 5.76. The Bertz CT molecular complexity index is 755. The first kappa shape index (κ1) is 19.2. The molecule has 1 saturated heterocycles. The number of hydrogen-bond donors (Lipinski definition) is 2. The molecule has 3 rings (SSSR count). The number of nitrogens with zero attached hydrogens (tertiary/aromatic N) is 1. The second-order valence-corrected chi connectivity index (χ2v) is 7.02. The smallest absolute Gasteiger partial charge is 0.275 e. The predicted molar refractivity (Wildman–Crippen MR) is 108 cm³/mol. The van der Waals surface area contributed by atoms with Crippen molar-refractivity contribution in [2.24, 2.45) is 0 Å². The minimum absolute atomic E-state index is 0.122. The van der Waals surface area contributed by atoms with Crippen molar-refractivity contribution in [1.82, 2.24) is 5.32 Å². The van der Waals surface area contributed by atoms with E-state index in [1.165, 1.54) is 16.0 Å². The van der Waals surface area contributed by atoms with E-state index in [2.05, 4.69) is 41.4 Å². The van der Waals surface area contributed by atoms with Crippen LogP contribution in [-0.2, 0) is 11.3 Å². The molecule has 2 N–H and O–H groups in total. The van der Waals surface area contributed by atoms with Gasteiger partial charge in [-0.2, -0.15) is 0 Å². The van der Waals surface area contributed by atoms with Crippen molar-refractivity contribution in [3.05, 3.63) is 59.7 Å². The fourth-order valence-corrected chi connectivity index (χ4v) is 3.53. The van der Waals surface area contributed by atoms with E-state index in [1.54, 1.807) is 0 Å². The number of anilines is 1. The van der Waals surface area contributed by atoms with E-state index in [0.717, 1.165) is 37.6 Å². The van der Waals surface area contributed by atoms with Gasteiger partial charge in [0.25, 0.3) is 5.91 Å². The summed E-state index contributed by atoms with van der Waals surface area (Å²) in [7, 11) is 0. The minimum Gasteiger partial charge on any atom is -0.492 e.